The number of nitrogens with zero attached hydrogens (tertiary/aromatic N) is 2. The molecule has 108 valence electrons. The normalized spacial score (nSPS) is 11.1. The van der Waals surface area contributed by atoms with Gasteiger partial charge in [-0.25, -0.2) is 13.8 Å². The third-order valence-electron chi connectivity index (χ3n) is 3.11. The molecule has 4 nitrogen and oxygen atoms in total. The number of rotatable bonds is 4. The third kappa shape index (κ3) is 2.64. The summed E-state index contributed by atoms with van der Waals surface area (Å²) in [5, 5.41) is 12.8. The number of hydrogen-bond donors (Lipinski definition) is 1. The maximum Gasteiger partial charge on any atom is 0.323 e. The van der Waals surface area contributed by atoms with Gasteiger partial charge >= 0.3 is 5.97 Å². The minimum absolute atomic E-state index is 0.250. The molecule has 0 aliphatic carbocycles. The number of carboxylic acids is 1. The molecular weight excluding hydrogens is 298 g/mol. The van der Waals surface area contributed by atoms with Crippen LogP contribution < -0.4 is 0 Å². The van der Waals surface area contributed by atoms with E-state index >= 15 is 0 Å². The number of benzene rings is 1. The van der Waals surface area contributed by atoms with Gasteiger partial charge in [-0.1, -0.05) is 0 Å². The summed E-state index contributed by atoms with van der Waals surface area (Å²) in [6, 6.07) is 3.87. The van der Waals surface area contributed by atoms with Gasteiger partial charge in [-0.15, -0.1) is 0 Å². The lowest BCUT2D eigenvalue weighted by atomic mass is 10.2. The highest BCUT2D eigenvalue weighted by atomic mass is 32.1. The minimum Gasteiger partial charge on any atom is -0.480 e. The summed E-state index contributed by atoms with van der Waals surface area (Å²) in [4.78, 5) is 15.2. The standard InChI is InChI=1S/C14H10F2N2O2S/c15-9-4-11-12(5-10(9)16)18(6-14(19)20)13(17-11)3-8-1-2-21-7-8/h1-2,4-5,7H,3,6H2,(H,19,20). The van der Waals surface area contributed by atoms with Gasteiger partial charge in [0.05, 0.1) is 11.0 Å². The Kier molecular flexibility index (Phi) is 3.42. The van der Waals surface area contributed by atoms with Crippen LogP contribution in [0, 0.1) is 11.6 Å². The molecule has 2 heterocycles. The van der Waals surface area contributed by atoms with Crippen LogP contribution in [0.25, 0.3) is 11.0 Å². The first-order valence-electron chi connectivity index (χ1n) is 6.11. The topological polar surface area (TPSA) is 55.1 Å². The van der Waals surface area contributed by atoms with E-state index in [0.29, 0.717) is 12.2 Å². The average Bonchev–Trinajstić information content (AvgIpc) is 3.01. The molecule has 3 aromatic rings. The smallest absolute Gasteiger partial charge is 0.323 e. The van der Waals surface area contributed by atoms with Crippen molar-refractivity contribution in [2.75, 3.05) is 0 Å². The van der Waals surface area contributed by atoms with E-state index in [0.717, 1.165) is 17.7 Å². The molecule has 2 aromatic heterocycles. The van der Waals surface area contributed by atoms with E-state index in [1.807, 2.05) is 16.8 Å². The zero-order valence-corrected chi connectivity index (χ0v) is 11.5. The predicted octanol–water partition coefficient (Wildman–Crippen LogP) is 3.05. The fourth-order valence-corrected chi connectivity index (χ4v) is 2.86. The van der Waals surface area contributed by atoms with Gasteiger partial charge in [0, 0.05) is 18.6 Å². The molecule has 0 saturated heterocycles. The van der Waals surface area contributed by atoms with Gasteiger partial charge in [0.2, 0.25) is 0 Å². The molecule has 1 aromatic carbocycles. The van der Waals surface area contributed by atoms with Crippen molar-refractivity contribution in [3.05, 3.63) is 52.0 Å². The Morgan fingerprint density at radius 2 is 2.10 bits per heavy atom. The van der Waals surface area contributed by atoms with Crippen LogP contribution in [0.1, 0.15) is 11.4 Å². The largest absolute Gasteiger partial charge is 0.480 e. The summed E-state index contributed by atoms with van der Waals surface area (Å²) < 4.78 is 28.1. The van der Waals surface area contributed by atoms with E-state index in [4.69, 9.17) is 5.11 Å². The number of carbonyl (C=O) groups is 1. The lowest BCUT2D eigenvalue weighted by Gasteiger charge is -2.05. The molecule has 21 heavy (non-hydrogen) atoms. The zero-order valence-electron chi connectivity index (χ0n) is 10.7. The van der Waals surface area contributed by atoms with Crippen LogP contribution in [-0.2, 0) is 17.8 Å². The summed E-state index contributed by atoms with van der Waals surface area (Å²) in [6.07, 6.45) is 0.411. The fourth-order valence-electron chi connectivity index (χ4n) is 2.19. The Morgan fingerprint density at radius 1 is 1.33 bits per heavy atom. The lowest BCUT2D eigenvalue weighted by molar-refractivity contribution is -0.137. The van der Waals surface area contributed by atoms with E-state index in [9.17, 15) is 13.6 Å². The SMILES string of the molecule is O=C(O)Cn1c(Cc2ccsc2)nc2cc(F)c(F)cc21. The lowest BCUT2D eigenvalue weighted by Crippen LogP contribution is -2.12. The molecule has 1 N–H and O–H groups in total. The van der Waals surface area contributed by atoms with Crippen LogP contribution in [0.2, 0.25) is 0 Å². The molecule has 0 saturated carbocycles. The second kappa shape index (κ2) is 5.25. The van der Waals surface area contributed by atoms with Crippen molar-refractivity contribution in [3.63, 3.8) is 0 Å². The molecule has 0 atom stereocenters. The zero-order chi connectivity index (χ0) is 15.0. The molecule has 0 aliphatic rings. The van der Waals surface area contributed by atoms with Crippen LogP contribution in [-0.4, -0.2) is 20.6 Å². The molecule has 7 heteroatoms. The Balaban J connectivity index is 2.15. The highest BCUT2D eigenvalue weighted by molar-refractivity contribution is 7.07. The van der Waals surface area contributed by atoms with Gasteiger partial charge in [0.1, 0.15) is 12.4 Å². The molecule has 0 bridgehead atoms. The van der Waals surface area contributed by atoms with Crippen LogP contribution in [0.15, 0.2) is 29.0 Å². The first kappa shape index (κ1) is 13.7. The number of imidazole rings is 1. The Hall–Kier alpha value is -2.28. The molecule has 0 spiro atoms. The van der Waals surface area contributed by atoms with E-state index in [1.54, 1.807) is 0 Å². The van der Waals surface area contributed by atoms with Crippen molar-refractivity contribution in [2.24, 2.45) is 0 Å². The van der Waals surface area contributed by atoms with Gasteiger partial charge in [-0.3, -0.25) is 4.79 Å². The van der Waals surface area contributed by atoms with Crippen molar-refractivity contribution in [1.82, 2.24) is 9.55 Å². The maximum atomic E-state index is 13.4. The van der Waals surface area contributed by atoms with Crippen molar-refractivity contribution in [2.45, 2.75) is 13.0 Å². The average molecular weight is 308 g/mol. The van der Waals surface area contributed by atoms with E-state index in [-0.39, 0.29) is 17.6 Å². The number of hydrogen-bond acceptors (Lipinski definition) is 3. The summed E-state index contributed by atoms with van der Waals surface area (Å²) in [5.74, 6) is -2.61. The molecule has 3 rings (SSSR count). The van der Waals surface area contributed by atoms with E-state index < -0.39 is 17.6 Å². The second-order valence-electron chi connectivity index (χ2n) is 4.57. The first-order chi connectivity index (χ1) is 10.0. The second-order valence-corrected chi connectivity index (χ2v) is 5.35. The van der Waals surface area contributed by atoms with Crippen LogP contribution in [0.4, 0.5) is 8.78 Å². The quantitative estimate of drug-likeness (QED) is 0.806. The number of carboxylic acid groups (broad SMARTS) is 1. The highest BCUT2D eigenvalue weighted by Gasteiger charge is 2.16. The highest BCUT2D eigenvalue weighted by Crippen LogP contribution is 2.22. The van der Waals surface area contributed by atoms with Crippen LogP contribution in [0.5, 0.6) is 0 Å². The monoisotopic (exact) mass is 308 g/mol. The number of halogens is 2. The third-order valence-corrected chi connectivity index (χ3v) is 3.84. The van der Waals surface area contributed by atoms with Crippen molar-refractivity contribution < 1.29 is 18.7 Å². The van der Waals surface area contributed by atoms with Gasteiger partial charge in [0.15, 0.2) is 11.6 Å². The minimum atomic E-state index is -1.06. The predicted molar refractivity (Wildman–Crippen MR) is 74.4 cm³/mol. The van der Waals surface area contributed by atoms with Gasteiger partial charge in [0.25, 0.3) is 0 Å². The van der Waals surface area contributed by atoms with Crippen LogP contribution in [0.3, 0.4) is 0 Å². The Labute approximate surface area is 122 Å². The van der Waals surface area contributed by atoms with Crippen molar-refractivity contribution >= 4 is 28.3 Å². The molecule has 0 radical (unpaired) electrons. The Bertz CT molecular complexity index is 812. The van der Waals surface area contributed by atoms with E-state index in [2.05, 4.69) is 4.98 Å². The molecule has 0 fully saturated rings. The van der Waals surface area contributed by atoms with Crippen LogP contribution >= 0.6 is 11.3 Å². The maximum absolute atomic E-state index is 13.4. The summed E-state index contributed by atoms with van der Waals surface area (Å²) in [7, 11) is 0. The number of aliphatic carboxylic acids is 1. The molecular formula is C14H10F2N2O2S. The van der Waals surface area contributed by atoms with Gasteiger partial charge in [-0.2, -0.15) is 11.3 Å². The Morgan fingerprint density at radius 3 is 2.76 bits per heavy atom. The number of thiophene rings is 1. The molecule has 0 unspecified atom stereocenters. The summed E-state index contributed by atoms with van der Waals surface area (Å²) in [6.45, 7) is -0.346. The van der Waals surface area contributed by atoms with E-state index in [1.165, 1.54) is 15.9 Å². The molecule has 0 amide bonds. The number of fused-ring (bicyclic) bond motifs is 1. The summed E-state index contributed by atoms with van der Waals surface area (Å²) in [5.41, 5.74) is 1.50. The van der Waals surface area contributed by atoms with Gasteiger partial charge in [-0.05, 0) is 22.4 Å². The fraction of sp³-hybridized carbons (Fsp3) is 0.143. The number of aromatic nitrogens is 2. The first-order valence-corrected chi connectivity index (χ1v) is 7.06. The van der Waals surface area contributed by atoms with Gasteiger partial charge < -0.3 is 9.67 Å². The van der Waals surface area contributed by atoms with Crippen molar-refractivity contribution in [1.29, 1.82) is 0 Å². The molecule has 0 aliphatic heterocycles. The summed E-state index contributed by atoms with van der Waals surface area (Å²) >= 11 is 1.52. The van der Waals surface area contributed by atoms with Crippen molar-refractivity contribution in [3.8, 4) is 0 Å².